The Kier molecular flexibility index (Phi) is 3.75. The molecule has 0 bridgehead atoms. The molecule has 0 fully saturated rings. The zero-order chi connectivity index (χ0) is 9.14. The van der Waals surface area contributed by atoms with Gasteiger partial charge in [-0.2, -0.15) is 0 Å². The van der Waals surface area contributed by atoms with E-state index in [1.165, 1.54) is 0 Å². The number of hydrogen-bond acceptors (Lipinski definition) is 1. The first-order valence-electron chi connectivity index (χ1n) is 3.19. The molecule has 1 nitrogen and oxygen atoms in total. The second-order valence-electron chi connectivity index (χ2n) is 2.18. The van der Waals surface area contributed by atoms with Gasteiger partial charge in [0.2, 0.25) is 0 Å². The Bertz CT molecular complexity index is 312. The van der Waals surface area contributed by atoms with Gasteiger partial charge >= 0.3 is 0 Å². The normalized spacial score (nSPS) is 9.92. The Balaban J connectivity index is 3.09. The van der Waals surface area contributed by atoms with Gasteiger partial charge in [0.1, 0.15) is 0 Å². The van der Waals surface area contributed by atoms with Crippen LogP contribution in [0.3, 0.4) is 0 Å². The molecule has 0 aliphatic heterocycles. The van der Waals surface area contributed by atoms with Gasteiger partial charge in [-0.15, -0.1) is 0 Å². The fourth-order valence-corrected chi connectivity index (χ4v) is 1.99. The predicted molar refractivity (Wildman–Crippen MR) is 57.3 cm³/mol. The van der Waals surface area contributed by atoms with Gasteiger partial charge in [0.25, 0.3) is 0 Å². The van der Waals surface area contributed by atoms with Gasteiger partial charge in [0.05, 0.1) is 5.33 Å². The van der Waals surface area contributed by atoms with Gasteiger partial charge in [-0.3, -0.25) is 4.79 Å². The van der Waals surface area contributed by atoms with Crippen molar-refractivity contribution < 1.29 is 4.79 Å². The summed E-state index contributed by atoms with van der Waals surface area (Å²) < 4.78 is 0.736. The van der Waals surface area contributed by atoms with E-state index in [-0.39, 0.29) is 5.78 Å². The molecular weight excluding hydrogens is 307 g/mol. The first-order chi connectivity index (χ1) is 5.65. The lowest BCUT2D eigenvalue weighted by atomic mass is 10.1. The maximum Gasteiger partial charge on any atom is 0.174 e. The third-order valence-electron chi connectivity index (χ3n) is 1.35. The number of rotatable bonds is 2. The van der Waals surface area contributed by atoms with E-state index in [0.717, 1.165) is 4.47 Å². The van der Waals surface area contributed by atoms with Crippen LogP contribution in [-0.4, -0.2) is 11.1 Å². The molecule has 0 N–H and O–H groups in total. The number of hydrogen-bond donors (Lipinski definition) is 0. The second kappa shape index (κ2) is 4.40. The number of alkyl halides is 1. The van der Waals surface area contributed by atoms with Crippen molar-refractivity contribution in [1.29, 1.82) is 0 Å². The largest absolute Gasteiger partial charge is 0.293 e. The van der Waals surface area contributed by atoms with E-state index in [4.69, 9.17) is 11.6 Å². The summed E-state index contributed by atoms with van der Waals surface area (Å²) >= 11 is 12.1. The van der Waals surface area contributed by atoms with E-state index in [2.05, 4.69) is 31.9 Å². The number of benzene rings is 1. The number of carbonyl (C=O) groups is 1. The Morgan fingerprint density at radius 2 is 2.17 bits per heavy atom. The Morgan fingerprint density at radius 3 is 2.67 bits per heavy atom. The SMILES string of the molecule is O=C(CBr)c1ccc(Cl)cc1Br. The molecule has 1 aromatic carbocycles. The van der Waals surface area contributed by atoms with E-state index in [9.17, 15) is 4.79 Å². The third-order valence-corrected chi connectivity index (χ3v) is 2.75. The van der Waals surface area contributed by atoms with Crippen LogP contribution >= 0.6 is 43.5 Å². The van der Waals surface area contributed by atoms with Crippen LogP contribution in [0.4, 0.5) is 0 Å². The molecule has 0 spiro atoms. The molecule has 0 saturated heterocycles. The van der Waals surface area contributed by atoms with Crippen molar-refractivity contribution in [2.75, 3.05) is 5.33 Å². The maximum absolute atomic E-state index is 11.2. The average molecular weight is 312 g/mol. The first-order valence-corrected chi connectivity index (χ1v) is 5.48. The summed E-state index contributed by atoms with van der Waals surface area (Å²) in [6, 6.07) is 5.11. The van der Waals surface area contributed by atoms with Crippen LogP contribution < -0.4 is 0 Å². The van der Waals surface area contributed by atoms with Crippen molar-refractivity contribution in [3.63, 3.8) is 0 Å². The zero-order valence-electron chi connectivity index (χ0n) is 5.98. The van der Waals surface area contributed by atoms with Crippen molar-refractivity contribution in [3.05, 3.63) is 33.3 Å². The Hall–Kier alpha value is 0.140. The van der Waals surface area contributed by atoms with Crippen LogP contribution in [0.15, 0.2) is 22.7 Å². The highest BCUT2D eigenvalue weighted by atomic mass is 79.9. The molecule has 1 rings (SSSR count). The first kappa shape index (κ1) is 10.2. The molecule has 12 heavy (non-hydrogen) atoms. The molecule has 0 saturated carbocycles. The van der Waals surface area contributed by atoms with Crippen molar-refractivity contribution in [3.8, 4) is 0 Å². The number of carbonyl (C=O) groups excluding carboxylic acids is 1. The average Bonchev–Trinajstić information content (AvgIpc) is 2.03. The summed E-state index contributed by atoms with van der Waals surface area (Å²) in [5, 5.41) is 0.945. The molecule has 0 aliphatic rings. The van der Waals surface area contributed by atoms with E-state index >= 15 is 0 Å². The van der Waals surface area contributed by atoms with Crippen LogP contribution in [0.2, 0.25) is 5.02 Å². The van der Waals surface area contributed by atoms with Crippen molar-refractivity contribution >= 4 is 49.2 Å². The van der Waals surface area contributed by atoms with Gasteiger partial charge in [-0.25, -0.2) is 0 Å². The van der Waals surface area contributed by atoms with Gasteiger partial charge < -0.3 is 0 Å². The summed E-state index contributed by atoms with van der Waals surface area (Å²) in [6.07, 6.45) is 0. The van der Waals surface area contributed by atoms with E-state index in [1.54, 1.807) is 18.2 Å². The molecule has 0 aromatic heterocycles. The molecule has 1 aromatic rings. The predicted octanol–water partition coefficient (Wildman–Crippen LogP) is 3.68. The monoisotopic (exact) mass is 310 g/mol. The van der Waals surface area contributed by atoms with Crippen LogP contribution in [-0.2, 0) is 0 Å². The highest BCUT2D eigenvalue weighted by molar-refractivity contribution is 9.10. The van der Waals surface area contributed by atoms with Crippen molar-refractivity contribution in [2.24, 2.45) is 0 Å². The summed E-state index contributed by atoms with van der Waals surface area (Å²) in [7, 11) is 0. The topological polar surface area (TPSA) is 17.1 Å². The maximum atomic E-state index is 11.2. The number of ketones is 1. The highest BCUT2D eigenvalue weighted by Crippen LogP contribution is 2.22. The quantitative estimate of drug-likeness (QED) is 0.601. The van der Waals surface area contributed by atoms with Crippen LogP contribution in [0.25, 0.3) is 0 Å². The molecule has 0 atom stereocenters. The molecular formula is C8H5Br2ClO. The van der Waals surface area contributed by atoms with Gasteiger partial charge in [-0.1, -0.05) is 27.5 Å². The lowest BCUT2D eigenvalue weighted by molar-refractivity contribution is 0.102. The number of Topliss-reactive ketones (excluding diaryl/α,β-unsaturated/α-hetero) is 1. The Morgan fingerprint density at radius 1 is 1.50 bits per heavy atom. The minimum absolute atomic E-state index is 0.0403. The van der Waals surface area contributed by atoms with Crippen LogP contribution in [0, 0.1) is 0 Å². The zero-order valence-corrected chi connectivity index (χ0v) is 9.91. The molecule has 64 valence electrons. The summed E-state index contributed by atoms with van der Waals surface area (Å²) in [5.74, 6) is 0.0403. The van der Waals surface area contributed by atoms with Gasteiger partial charge in [0.15, 0.2) is 5.78 Å². The van der Waals surface area contributed by atoms with Gasteiger partial charge in [-0.05, 0) is 34.1 Å². The second-order valence-corrected chi connectivity index (χ2v) is 4.03. The standard InChI is InChI=1S/C8H5Br2ClO/c9-4-8(12)6-2-1-5(11)3-7(6)10/h1-3H,4H2. The van der Waals surface area contributed by atoms with Crippen molar-refractivity contribution in [1.82, 2.24) is 0 Å². The fraction of sp³-hybridized carbons (Fsp3) is 0.125. The van der Waals surface area contributed by atoms with E-state index in [0.29, 0.717) is 15.9 Å². The minimum Gasteiger partial charge on any atom is -0.293 e. The summed E-state index contributed by atoms with van der Waals surface area (Å²) in [6.45, 7) is 0. The van der Waals surface area contributed by atoms with E-state index in [1.807, 2.05) is 0 Å². The van der Waals surface area contributed by atoms with Crippen LogP contribution in [0.5, 0.6) is 0 Å². The molecule has 0 radical (unpaired) electrons. The smallest absolute Gasteiger partial charge is 0.174 e. The lowest BCUT2D eigenvalue weighted by Gasteiger charge is -2.00. The molecule has 4 heteroatoms. The fourth-order valence-electron chi connectivity index (χ4n) is 0.788. The lowest BCUT2D eigenvalue weighted by Crippen LogP contribution is -2.00. The van der Waals surface area contributed by atoms with Gasteiger partial charge in [0, 0.05) is 15.1 Å². The minimum atomic E-state index is 0.0403. The molecule has 0 amide bonds. The molecule has 0 heterocycles. The van der Waals surface area contributed by atoms with E-state index < -0.39 is 0 Å². The third kappa shape index (κ3) is 2.31. The van der Waals surface area contributed by atoms with Crippen molar-refractivity contribution in [2.45, 2.75) is 0 Å². The molecule has 0 aliphatic carbocycles. The number of halogens is 3. The summed E-state index contributed by atoms with van der Waals surface area (Å²) in [4.78, 5) is 11.2. The summed E-state index contributed by atoms with van der Waals surface area (Å²) in [5.41, 5.74) is 0.649. The Labute approximate surface area is 92.4 Å². The highest BCUT2D eigenvalue weighted by Gasteiger charge is 2.07. The molecule has 0 unspecified atom stereocenters. The van der Waals surface area contributed by atoms with Crippen LogP contribution in [0.1, 0.15) is 10.4 Å².